The summed E-state index contributed by atoms with van der Waals surface area (Å²) < 4.78 is 0. The minimum atomic E-state index is -0.602. The van der Waals surface area contributed by atoms with Crippen LogP contribution < -0.4 is 5.73 Å². The molecule has 2 aromatic rings. The van der Waals surface area contributed by atoms with Crippen LogP contribution in [0.1, 0.15) is 18.6 Å². The second kappa shape index (κ2) is 3.44. The number of aliphatic hydroxyl groups is 1. The molecule has 0 bridgehead atoms. The molecular formula is C11H14N2O. The number of fused-ring (bicyclic) bond motifs is 1. The van der Waals surface area contributed by atoms with Gasteiger partial charge in [-0.3, -0.25) is 0 Å². The second-order valence-corrected chi connectivity index (χ2v) is 3.59. The molecule has 0 fully saturated rings. The molecule has 2 atom stereocenters. The van der Waals surface area contributed by atoms with E-state index in [0.29, 0.717) is 0 Å². The minimum absolute atomic E-state index is 0.254. The van der Waals surface area contributed by atoms with Crippen molar-refractivity contribution >= 4 is 10.9 Å². The van der Waals surface area contributed by atoms with Crippen LogP contribution in [0.25, 0.3) is 10.9 Å². The maximum absolute atomic E-state index is 9.88. The lowest BCUT2D eigenvalue weighted by Crippen LogP contribution is -2.24. The Morgan fingerprint density at radius 2 is 2.14 bits per heavy atom. The van der Waals surface area contributed by atoms with Gasteiger partial charge in [0.05, 0.1) is 6.10 Å². The number of nitrogens with one attached hydrogen (secondary N) is 1. The number of aromatic amines is 1. The summed E-state index contributed by atoms with van der Waals surface area (Å²) in [5, 5.41) is 10.9. The number of H-pyrrole nitrogens is 1. The van der Waals surface area contributed by atoms with Gasteiger partial charge in [-0.1, -0.05) is 12.1 Å². The normalized spacial score (nSPS) is 15.6. The lowest BCUT2D eigenvalue weighted by atomic mass is 10.0. The van der Waals surface area contributed by atoms with Gasteiger partial charge in [-0.15, -0.1) is 0 Å². The fourth-order valence-electron chi connectivity index (χ4n) is 1.65. The zero-order valence-electron chi connectivity index (χ0n) is 8.07. The first-order valence-corrected chi connectivity index (χ1v) is 4.70. The smallest absolute Gasteiger partial charge is 0.0944 e. The van der Waals surface area contributed by atoms with Crippen LogP contribution in [0.15, 0.2) is 30.5 Å². The predicted octanol–water partition coefficient (Wildman–Crippen LogP) is 1.55. The molecule has 0 saturated carbocycles. The highest BCUT2D eigenvalue weighted by molar-refractivity contribution is 5.83. The zero-order valence-corrected chi connectivity index (χ0v) is 8.07. The Hall–Kier alpha value is -1.32. The molecule has 0 aliphatic rings. The Labute approximate surface area is 82.6 Å². The molecule has 0 spiro atoms. The van der Waals surface area contributed by atoms with Gasteiger partial charge in [-0.25, -0.2) is 0 Å². The first kappa shape index (κ1) is 9.24. The van der Waals surface area contributed by atoms with Gasteiger partial charge in [0.25, 0.3) is 0 Å². The summed E-state index contributed by atoms with van der Waals surface area (Å²) in [6.45, 7) is 1.80. The monoisotopic (exact) mass is 190 g/mol. The molecule has 3 heteroatoms. The summed E-state index contributed by atoms with van der Waals surface area (Å²) in [5.41, 5.74) is 7.59. The number of aromatic nitrogens is 1. The van der Waals surface area contributed by atoms with Gasteiger partial charge in [0, 0.05) is 23.1 Å². The second-order valence-electron chi connectivity index (χ2n) is 3.59. The van der Waals surface area contributed by atoms with Crippen molar-refractivity contribution in [3.63, 3.8) is 0 Å². The SMILES string of the molecule is C[C@H](N)[C@H](O)c1cccc2[nH]ccc12. The molecule has 74 valence electrons. The molecule has 0 amide bonds. The third-order valence-electron chi connectivity index (χ3n) is 2.45. The first-order chi connectivity index (χ1) is 6.70. The number of rotatable bonds is 2. The van der Waals surface area contributed by atoms with Gasteiger partial charge in [-0.05, 0) is 24.6 Å². The molecular weight excluding hydrogens is 176 g/mol. The van der Waals surface area contributed by atoms with E-state index in [0.717, 1.165) is 16.5 Å². The Balaban J connectivity index is 2.56. The highest BCUT2D eigenvalue weighted by Crippen LogP contribution is 2.24. The van der Waals surface area contributed by atoms with Crippen LogP contribution in [0.3, 0.4) is 0 Å². The molecule has 14 heavy (non-hydrogen) atoms. The van der Waals surface area contributed by atoms with E-state index in [1.807, 2.05) is 30.5 Å². The molecule has 0 saturated heterocycles. The highest BCUT2D eigenvalue weighted by atomic mass is 16.3. The summed E-state index contributed by atoms with van der Waals surface area (Å²) in [4.78, 5) is 3.10. The highest BCUT2D eigenvalue weighted by Gasteiger charge is 2.14. The Morgan fingerprint density at radius 3 is 2.86 bits per heavy atom. The van der Waals surface area contributed by atoms with E-state index in [1.54, 1.807) is 6.92 Å². The van der Waals surface area contributed by atoms with Crippen LogP contribution in [0.4, 0.5) is 0 Å². The molecule has 0 aliphatic heterocycles. The summed E-state index contributed by atoms with van der Waals surface area (Å²) >= 11 is 0. The fraction of sp³-hybridized carbons (Fsp3) is 0.273. The van der Waals surface area contributed by atoms with Gasteiger partial charge in [0.2, 0.25) is 0 Å². The van der Waals surface area contributed by atoms with Gasteiger partial charge in [0.15, 0.2) is 0 Å². The number of hydrogen-bond acceptors (Lipinski definition) is 2. The quantitative estimate of drug-likeness (QED) is 0.672. The van der Waals surface area contributed by atoms with E-state index in [2.05, 4.69) is 4.98 Å². The third kappa shape index (κ3) is 1.41. The molecule has 1 aromatic carbocycles. The summed E-state index contributed by atoms with van der Waals surface area (Å²) in [7, 11) is 0. The van der Waals surface area contributed by atoms with E-state index in [4.69, 9.17) is 5.73 Å². The van der Waals surface area contributed by atoms with E-state index in [-0.39, 0.29) is 6.04 Å². The maximum atomic E-state index is 9.88. The van der Waals surface area contributed by atoms with E-state index in [1.165, 1.54) is 0 Å². The van der Waals surface area contributed by atoms with Crippen molar-refractivity contribution in [3.05, 3.63) is 36.0 Å². The number of benzene rings is 1. The number of nitrogens with two attached hydrogens (primary N) is 1. The van der Waals surface area contributed by atoms with Crippen LogP contribution in [-0.4, -0.2) is 16.1 Å². The number of hydrogen-bond donors (Lipinski definition) is 3. The van der Waals surface area contributed by atoms with Crippen molar-refractivity contribution in [1.82, 2.24) is 4.98 Å². The average Bonchev–Trinajstić information content (AvgIpc) is 2.63. The van der Waals surface area contributed by atoms with Crippen molar-refractivity contribution in [2.45, 2.75) is 19.1 Å². The lowest BCUT2D eigenvalue weighted by Gasteiger charge is -2.15. The summed E-state index contributed by atoms with van der Waals surface area (Å²) in [6.07, 6.45) is 1.26. The Morgan fingerprint density at radius 1 is 1.36 bits per heavy atom. The molecule has 4 N–H and O–H groups in total. The molecule has 0 aliphatic carbocycles. The predicted molar refractivity (Wildman–Crippen MR) is 56.9 cm³/mol. The van der Waals surface area contributed by atoms with Crippen molar-refractivity contribution in [2.75, 3.05) is 0 Å². The van der Waals surface area contributed by atoms with Crippen molar-refractivity contribution < 1.29 is 5.11 Å². The largest absolute Gasteiger partial charge is 0.387 e. The van der Waals surface area contributed by atoms with E-state index >= 15 is 0 Å². The zero-order chi connectivity index (χ0) is 10.1. The average molecular weight is 190 g/mol. The minimum Gasteiger partial charge on any atom is -0.387 e. The first-order valence-electron chi connectivity index (χ1n) is 4.70. The molecule has 1 heterocycles. The van der Waals surface area contributed by atoms with Gasteiger partial charge >= 0.3 is 0 Å². The van der Waals surface area contributed by atoms with Crippen LogP contribution in [-0.2, 0) is 0 Å². The van der Waals surface area contributed by atoms with Crippen LogP contribution in [0.5, 0.6) is 0 Å². The molecule has 0 radical (unpaired) electrons. The number of aliphatic hydroxyl groups excluding tert-OH is 1. The van der Waals surface area contributed by atoms with Crippen LogP contribution in [0, 0.1) is 0 Å². The standard InChI is InChI=1S/C11H14N2O/c1-7(12)11(14)9-3-2-4-10-8(9)5-6-13-10/h2-7,11,13-14H,12H2,1H3/t7-,11-/m0/s1. The third-order valence-corrected chi connectivity index (χ3v) is 2.45. The molecule has 3 nitrogen and oxygen atoms in total. The topological polar surface area (TPSA) is 62.0 Å². The van der Waals surface area contributed by atoms with Crippen molar-refractivity contribution in [3.8, 4) is 0 Å². The molecule has 1 aromatic heterocycles. The molecule has 2 rings (SSSR count). The van der Waals surface area contributed by atoms with Crippen molar-refractivity contribution in [2.24, 2.45) is 5.73 Å². The van der Waals surface area contributed by atoms with Crippen LogP contribution in [0.2, 0.25) is 0 Å². The van der Waals surface area contributed by atoms with Gasteiger partial charge in [-0.2, -0.15) is 0 Å². The maximum Gasteiger partial charge on any atom is 0.0944 e. The van der Waals surface area contributed by atoms with E-state index < -0.39 is 6.10 Å². The van der Waals surface area contributed by atoms with Crippen molar-refractivity contribution in [1.29, 1.82) is 0 Å². The van der Waals surface area contributed by atoms with Crippen LogP contribution >= 0.6 is 0 Å². The summed E-state index contributed by atoms with van der Waals surface area (Å²) in [5.74, 6) is 0. The molecule has 0 unspecified atom stereocenters. The fourth-order valence-corrected chi connectivity index (χ4v) is 1.65. The Kier molecular flexibility index (Phi) is 2.27. The van der Waals surface area contributed by atoms with E-state index in [9.17, 15) is 5.11 Å². The van der Waals surface area contributed by atoms with Gasteiger partial charge in [0.1, 0.15) is 0 Å². The van der Waals surface area contributed by atoms with Gasteiger partial charge < -0.3 is 15.8 Å². The Bertz CT molecular complexity index is 434. The summed E-state index contributed by atoms with van der Waals surface area (Å²) in [6, 6.07) is 7.50. The lowest BCUT2D eigenvalue weighted by molar-refractivity contribution is 0.155.